The van der Waals surface area contributed by atoms with Gasteiger partial charge in [0.1, 0.15) is 22.4 Å². The quantitative estimate of drug-likeness (QED) is 0.720. The van der Waals surface area contributed by atoms with E-state index in [2.05, 4.69) is 16.4 Å². The van der Waals surface area contributed by atoms with Gasteiger partial charge in [0.25, 0.3) is 0 Å². The van der Waals surface area contributed by atoms with Crippen molar-refractivity contribution in [3.8, 4) is 11.8 Å². The van der Waals surface area contributed by atoms with Gasteiger partial charge in [0.15, 0.2) is 0 Å². The number of aromatic nitrogens is 1. The summed E-state index contributed by atoms with van der Waals surface area (Å²) < 4.78 is 32.7. The highest BCUT2D eigenvalue weighted by molar-refractivity contribution is 7.89. The van der Waals surface area contributed by atoms with E-state index in [1.165, 1.54) is 29.0 Å². The number of nitriles is 1. The van der Waals surface area contributed by atoms with Gasteiger partial charge in [0.2, 0.25) is 10.0 Å². The van der Waals surface area contributed by atoms with Gasteiger partial charge in [-0.05, 0) is 38.0 Å². The van der Waals surface area contributed by atoms with Crippen LogP contribution in [-0.2, 0) is 10.0 Å². The molecule has 2 aromatic rings. The van der Waals surface area contributed by atoms with Crippen molar-refractivity contribution in [3.63, 3.8) is 0 Å². The molecule has 9 heteroatoms. The molecule has 7 nitrogen and oxygen atoms in total. The van der Waals surface area contributed by atoms with Crippen LogP contribution in [0.5, 0.6) is 5.75 Å². The summed E-state index contributed by atoms with van der Waals surface area (Å²) in [5.74, 6) is 0.487. The van der Waals surface area contributed by atoms with Crippen LogP contribution < -0.4 is 10.1 Å². The van der Waals surface area contributed by atoms with Crippen LogP contribution >= 0.6 is 11.3 Å². The molecule has 0 atom stereocenters. The Morgan fingerprint density at radius 2 is 2.11 bits per heavy atom. The Hall–Kier alpha value is -2.41. The van der Waals surface area contributed by atoms with Gasteiger partial charge in [0.05, 0.1) is 17.7 Å². The number of benzene rings is 1. The summed E-state index contributed by atoms with van der Waals surface area (Å²) in [4.78, 5) is 4.51. The van der Waals surface area contributed by atoms with E-state index >= 15 is 0 Å². The van der Waals surface area contributed by atoms with Crippen LogP contribution in [0.25, 0.3) is 5.57 Å². The number of piperidine rings is 1. The number of hydrogen-bond acceptors (Lipinski definition) is 7. The Morgan fingerprint density at radius 1 is 1.36 bits per heavy atom. The van der Waals surface area contributed by atoms with Gasteiger partial charge in [-0.25, -0.2) is 13.4 Å². The van der Waals surface area contributed by atoms with Crippen molar-refractivity contribution in [2.24, 2.45) is 0 Å². The molecule has 1 N–H and O–H groups in total. The highest BCUT2D eigenvalue weighted by Crippen LogP contribution is 2.30. The molecule has 1 aromatic heterocycles. The van der Waals surface area contributed by atoms with E-state index in [-0.39, 0.29) is 4.90 Å². The normalized spacial score (nSPS) is 15.8. The minimum absolute atomic E-state index is 0.203. The van der Waals surface area contributed by atoms with E-state index < -0.39 is 10.0 Å². The molecule has 1 aliphatic rings. The second kappa shape index (κ2) is 8.73. The van der Waals surface area contributed by atoms with Crippen LogP contribution in [0.1, 0.15) is 30.0 Å². The Morgan fingerprint density at radius 3 is 2.71 bits per heavy atom. The van der Waals surface area contributed by atoms with Gasteiger partial charge in [-0.15, -0.1) is 11.3 Å². The lowest BCUT2D eigenvalue weighted by atomic mass is 10.2. The summed E-state index contributed by atoms with van der Waals surface area (Å²) in [6.45, 7) is 2.94. The number of ether oxygens (including phenoxy) is 1. The molecule has 0 unspecified atom stereocenters. The summed E-state index contributed by atoms with van der Waals surface area (Å²) in [6, 6.07) is 6.82. The Balaban J connectivity index is 1.91. The third-order valence-corrected chi connectivity index (χ3v) is 7.35. The second-order valence-electron chi connectivity index (χ2n) is 6.44. The minimum Gasteiger partial charge on any atom is -0.495 e. The van der Waals surface area contributed by atoms with Crippen LogP contribution in [0.3, 0.4) is 0 Å². The zero-order chi connectivity index (χ0) is 20.1. The first-order valence-corrected chi connectivity index (χ1v) is 11.2. The van der Waals surface area contributed by atoms with Gasteiger partial charge in [0, 0.05) is 30.4 Å². The summed E-state index contributed by atoms with van der Waals surface area (Å²) in [6.07, 6.45) is 4.33. The molecule has 28 heavy (non-hydrogen) atoms. The molecule has 0 bridgehead atoms. The average molecular weight is 419 g/mol. The fraction of sp³-hybridized carbons (Fsp3) is 0.368. The number of nitrogens with zero attached hydrogens (tertiary/aromatic N) is 3. The SMILES string of the molecule is COc1ccc(S(=O)(=O)N2CCCCC2)cc1N/C=C(\C#N)c1nc(C)cs1. The number of sulfonamides is 1. The highest BCUT2D eigenvalue weighted by atomic mass is 32.2. The van der Waals surface area contributed by atoms with E-state index in [9.17, 15) is 13.7 Å². The second-order valence-corrected chi connectivity index (χ2v) is 9.23. The van der Waals surface area contributed by atoms with Crippen LogP contribution in [-0.4, -0.2) is 37.9 Å². The molecule has 0 aliphatic carbocycles. The lowest BCUT2D eigenvalue weighted by Gasteiger charge is -2.26. The van der Waals surface area contributed by atoms with E-state index in [0.717, 1.165) is 25.0 Å². The fourth-order valence-electron chi connectivity index (χ4n) is 2.98. The molecule has 1 fully saturated rings. The van der Waals surface area contributed by atoms with Crippen molar-refractivity contribution in [1.29, 1.82) is 5.26 Å². The number of thiazole rings is 1. The predicted molar refractivity (Wildman–Crippen MR) is 110 cm³/mol. The van der Waals surface area contributed by atoms with Crippen molar-refractivity contribution in [3.05, 3.63) is 40.5 Å². The molecular weight excluding hydrogens is 396 g/mol. The number of allylic oxidation sites excluding steroid dienone is 1. The number of rotatable bonds is 6. The molecule has 2 heterocycles. The maximum absolute atomic E-state index is 12.9. The molecule has 1 aliphatic heterocycles. The predicted octanol–water partition coefficient (Wildman–Crippen LogP) is 3.61. The first-order chi connectivity index (χ1) is 13.5. The molecule has 0 spiro atoms. The van der Waals surface area contributed by atoms with Crippen molar-refractivity contribution < 1.29 is 13.2 Å². The van der Waals surface area contributed by atoms with Crippen LogP contribution in [0.15, 0.2) is 34.7 Å². The van der Waals surface area contributed by atoms with E-state index in [1.54, 1.807) is 18.2 Å². The average Bonchev–Trinajstić information content (AvgIpc) is 3.15. The van der Waals surface area contributed by atoms with Gasteiger partial charge in [-0.1, -0.05) is 6.42 Å². The number of aryl methyl sites for hydroxylation is 1. The molecule has 0 amide bonds. The Kier molecular flexibility index (Phi) is 6.34. The van der Waals surface area contributed by atoms with Crippen molar-refractivity contribution >= 4 is 32.6 Å². The van der Waals surface area contributed by atoms with E-state index in [4.69, 9.17) is 4.74 Å². The zero-order valence-corrected chi connectivity index (χ0v) is 17.4. The lowest BCUT2D eigenvalue weighted by Crippen LogP contribution is -2.35. The molecule has 1 saturated heterocycles. The fourth-order valence-corrected chi connectivity index (χ4v) is 5.29. The summed E-state index contributed by atoms with van der Waals surface area (Å²) in [7, 11) is -2.05. The minimum atomic E-state index is -3.56. The zero-order valence-electron chi connectivity index (χ0n) is 15.8. The highest BCUT2D eigenvalue weighted by Gasteiger charge is 2.26. The monoisotopic (exact) mass is 418 g/mol. The molecule has 1 aromatic carbocycles. The molecule has 0 saturated carbocycles. The van der Waals surface area contributed by atoms with Gasteiger partial charge < -0.3 is 10.1 Å². The molecular formula is C19H22N4O3S2. The van der Waals surface area contributed by atoms with Gasteiger partial charge in [-0.2, -0.15) is 9.57 Å². The Labute approximate surface area is 169 Å². The molecule has 148 valence electrons. The van der Waals surface area contributed by atoms with Crippen LogP contribution in [0.4, 0.5) is 5.69 Å². The maximum atomic E-state index is 12.9. The molecule has 0 radical (unpaired) electrons. The van der Waals surface area contributed by atoms with Crippen LogP contribution in [0, 0.1) is 18.3 Å². The van der Waals surface area contributed by atoms with Gasteiger partial charge >= 0.3 is 0 Å². The van der Waals surface area contributed by atoms with E-state index in [0.29, 0.717) is 35.1 Å². The Bertz CT molecular complexity index is 1020. The maximum Gasteiger partial charge on any atom is 0.243 e. The summed E-state index contributed by atoms with van der Waals surface area (Å²) in [5.41, 5.74) is 1.68. The largest absolute Gasteiger partial charge is 0.495 e. The summed E-state index contributed by atoms with van der Waals surface area (Å²) in [5, 5.41) is 14.9. The van der Waals surface area contributed by atoms with Crippen molar-refractivity contribution in [2.75, 3.05) is 25.5 Å². The number of hydrogen-bond donors (Lipinski definition) is 1. The van der Waals surface area contributed by atoms with Gasteiger partial charge in [-0.3, -0.25) is 0 Å². The smallest absolute Gasteiger partial charge is 0.243 e. The lowest BCUT2D eigenvalue weighted by molar-refractivity contribution is 0.346. The standard InChI is InChI=1S/C19H22N4O3S2/c1-14-13-27-19(22-14)15(11-20)12-21-17-10-16(6-7-18(17)26-2)28(24,25)23-8-4-3-5-9-23/h6-7,10,12-13,21H,3-5,8-9H2,1-2H3/b15-12+. The van der Waals surface area contributed by atoms with Crippen LogP contribution in [0.2, 0.25) is 0 Å². The van der Waals surface area contributed by atoms with Crippen molar-refractivity contribution in [1.82, 2.24) is 9.29 Å². The first kappa shape index (κ1) is 20.3. The van der Waals surface area contributed by atoms with E-state index in [1.807, 2.05) is 12.3 Å². The number of nitrogens with one attached hydrogen (secondary N) is 1. The van der Waals surface area contributed by atoms with Crippen molar-refractivity contribution in [2.45, 2.75) is 31.1 Å². The first-order valence-electron chi connectivity index (χ1n) is 8.93. The summed E-state index contributed by atoms with van der Waals surface area (Å²) >= 11 is 1.38. The number of anilines is 1. The third kappa shape index (κ3) is 4.35. The number of methoxy groups -OCH3 is 1. The third-order valence-electron chi connectivity index (χ3n) is 4.47. The topological polar surface area (TPSA) is 95.3 Å². The molecule has 3 rings (SSSR count).